The maximum atomic E-state index is 13.0. The lowest BCUT2D eigenvalue weighted by Crippen LogP contribution is -2.42. The normalized spacial score (nSPS) is 19.6. The molecule has 0 radical (unpaired) electrons. The zero-order valence-corrected chi connectivity index (χ0v) is 13.7. The minimum Gasteiger partial charge on any atom is -0.371 e. The summed E-state index contributed by atoms with van der Waals surface area (Å²) in [4.78, 5) is 0.271. The zero-order valence-electron chi connectivity index (χ0n) is 12.9. The van der Waals surface area contributed by atoms with Gasteiger partial charge in [0, 0.05) is 18.5 Å². The molecule has 0 amide bonds. The Morgan fingerprint density at radius 2 is 2.00 bits per heavy atom. The molecule has 3 aromatic rings. The molecule has 6 nitrogen and oxygen atoms in total. The van der Waals surface area contributed by atoms with Crippen LogP contribution in [0.5, 0.6) is 0 Å². The van der Waals surface area contributed by atoms with Crippen LogP contribution < -0.4 is 0 Å². The number of H-pyrrole nitrogens is 1. The first-order valence-electron chi connectivity index (χ1n) is 7.74. The third-order valence-electron chi connectivity index (χ3n) is 4.25. The standard InChI is InChI=1S/C17H17N3O3S/c21-24(22,15-7-6-14-11-18-19-16(14)10-15)20-8-9-23-17(12-20)13-4-2-1-3-5-13/h1-7,10-11,17H,8-9,12H2,(H,18,19). The molecule has 4 rings (SSSR count). The van der Waals surface area contributed by atoms with Crippen LogP contribution in [0.4, 0.5) is 0 Å². The average molecular weight is 343 g/mol. The predicted molar refractivity (Wildman–Crippen MR) is 90.0 cm³/mol. The second-order valence-electron chi connectivity index (χ2n) is 5.75. The van der Waals surface area contributed by atoms with Crippen LogP contribution in [0.3, 0.4) is 0 Å². The fourth-order valence-electron chi connectivity index (χ4n) is 2.94. The van der Waals surface area contributed by atoms with Crippen molar-refractivity contribution in [3.8, 4) is 0 Å². The number of hydrogen-bond acceptors (Lipinski definition) is 4. The summed E-state index contributed by atoms with van der Waals surface area (Å²) in [6.45, 7) is 1.05. The molecule has 1 aromatic heterocycles. The molecule has 1 aliphatic heterocycles. The lowest BCUT2D eigenvalue weighted by Gasteiger charge is -2.32. The van der Waals surface area contributed by atoms with Gasteiger partial charge < -0.3 is 4.74 Å². The van der Waals surface area contributed by atoms with Gasteiger partial charge >= 0.3 is 0 Å². The van der Waals surface area contributed by atoms with Crippen LogP contribution in [0, 0.1) is 0 Å². The fourth-order valence-corrected chi connectivity index (χ4v) is 4.39. The van der Waals surface area contributed by atoms with E-state index < -0.39 is 10.0 Å². The van der Waals surface area contributed by atoms with Crippen LogP contribution in [0.15, 0.2) is 59.6 Å². The smallest absolute Gasteiger partial charge is 0.243 e. The average Bonchev–Trinajstić information content (AvgIpc) is 3.10. The van der Waals surface area contributed by atoms with E-state index >= 15 is 0 Å². The Bertz CT molecular complexity index is 953. The Morgan fingerprint density at radius 3 is 2.83 bits per heavy atom. The van der Waals surface area contributed by atoms with Crippen molar-refractivity contribution >= 4 is 20.9 Å². The maximum Gasteiger partial charge on any atom is 0.243 e. The van der Waals surface area contributed by atoms with Crippen molar-refractivity contribution in [2.75, 3.05) is 19.7 Å². The van der Waals surface area contributed by atoms with Gasteiger partial charge in [0.25, 0.3) is 0 Å². The minimum absolute atomic E-state index is 0.245. The van der Waals surface area contributed by atoms with E-state index in [1.54, 1.807) is 24.4 Å². The molecule has 1 N–H and O–H groups in total. The molecule has 2 aromatic carbocycles. The van der Waals surface area contributed by atoms with Crippen LogP contribution in [-0.4, -0.2) is 42.6 Å². The Morgan fingerprint density at radius 1 is 1.17 bits per heavy atom. The Kier molecular flexibility index (Phi) is 3.84. The van der Waals surface area contributed by atoms with E-state index in [1.807, 2.05) is 30.3 Å². The summed E-state index contributed by atoms with van der Waals surface area (Å²) < 4.78 is 33.2. The molecule has 0 spiro atoms. The number of rotatable bonds is 3. The van der Waals surface area contributed by atoms with Gasteiger partial charge in [0.15, 0.2) is 0 Å². The summed E-state index contributed by atoms with van der Waals surface area (Å²) in [5, 5.41) is 7.63. The predicted octanol–water partition coefficient (Wildman–Crippen LogP) is 2.33. The lowest BCUT2D eigenvalue weighted by molar-refractivity contribution is -0.00255. The molecule has 124 valence electrons. The third kappa shape index (κ3) is 2.71. The Hall–Kier alpha value is -2.22. The third-order valence-corrected chi connectivity index (χ3v) is 6.11. The number of sulfonamides is 1. The molecule has 1 fully saturated rings. The number of aromatic amines is 1. The molecular formula is C17H17N3O3S. The van der Waals surface area contributed by atoms with Gasteiger partial charge in [-0.2, -0.15) is 9.40 Å². The first kappa shape index (κ1) is 15.3. The monoisotopic (exact) mass is 343 g/mol. The first-order valence-corrected chi connectivity index (χ1v) is 9.18. The topological polar surface area (TPSA) is 75.3 Å². The van der Waals surface area contributed by atoms with E-state index in [1.165, 1.54) is 4.31 Å². The molecule has 24 heavy (non-hydrogen) atoms. The van der Waals surface area contributed by atoms with Gasteiger partial charge in [-0.25, -0.2) is 8.42 Å². The molecule has 2 heterocycles. The van der Waals surface area contributed by atoms with Crippen molar-refractivity contribution in [1.82, 2.24) is 14.5 Å². The Balaban J connectivity index is 1.63. The molecule has 0 bridgehead atoms. The van der Waals surface area contributed by atoms with E-state index in [4.69, 9.17) is 4.74 Å². The summed E-state index contributed by atoms with van der Waals surface area (Å²) in [7, 11) is -3.57. The number of ether oxygens (including phenoxy) is 1. The van der Waals surface area contributed by atoms with E-state index in [9.17, 15) is 8.42 Å². The van der Waals surface area contributed by atoms with Crippen LogP contribution in [0.1, 0.15) is 11.7 Å². The molecule has 1 aliphatic rings. The molecule has 1 unspecified atom stereocenters. The number of aromatic nitrogens is 2. The highest BCUT2D eigenvalue weighted by atomic mass is 32.2. The summed E-state index contributed by atoms with van der Waals surface area (Å²) in [6, 6.07) is 14.7. The summed E-state index contributed by atoms with van der Waals surface area (Å²) in [5.74, 6) is 0. The van der Waals surface area contributed by atoms with E-state index in [0.29, 0.717) is 25.2 Å². The fraction of sp³-hybridized carbons (Fsp3) is 0.235. The van der Waals surface area contributed by atoms with Gasteiger partial charge in [-0.05, 0) is 23.8 Å². The number of nitrogens with zero attached hydrogens (tertiary/aromatic N) is 2. The van der Waals surface area contributed by atoms with Crippen molar-refractivity contribution in [2.24, 2.45) is 0 Å². The van der Waals surface area contributed by atoms with Crippen LogP contribution in [0.25, 0.3) is 10.9 Å². The maximum absolute atomic E-state index is 13.0. The SMILES string of the molecule is O=S(=O)(c1ccc2cn[nH]c2c1)N1CCOC(c2ccccc2)C1. The van der Waals surface area contributed by atoms with Gasteiger partial charge in [-0.1, -0.05) is 30.3 Å². The van der Waals surface area contributed by atoms with Crippen molar-refractivity contribution in [2.45, 2.75) is 11.0 Å². The highest BCUT2D eigenvalue weighted by Gasteiger charge is 2.31. The van der Waals surface area contributed by atoms with Gasteiger partial charge in [0.2, 0.25) is 10.0 Å². The summed E-state index contributed by atoms with van der Waals surface area (Å²) in [6.07, 6.45) is 1.43. The van der Waals surface area contributed by atoms with E-state index in [2.05, 4.69) is 10.2 Å². The molecule has 7 heteroatoms. The summed E-state index contributed by atoms with van der Waals surface area (Å²) >= 11 is 0. The number of benzene rings is 2. The number of hydrogen-bond donors (Lipinski definition) is 1. The molecule has 1 saturated heterocycles. The van der Waals surface area contributed by atoms with Crippen LogP contribution in [0.2, 0.25) is 0 Å². The van der Waals surface area contributed by atoms with Gasteiger partial charge in [0.1, 0.15) is 0 Å². The highest BCUT2D eigenvalue weighted by Crippen LogP contribution is 2.27. The van der Waals surface area contributed by atoms with E-state index in [-0.39, 0.29) is 11.0 Å². The quantitative estimate of drug-likeness (QED) is 0.792. The largest absolute Gasteiger partial charge is 0.371 e. The first-order chi connectivity index (χ1) is 11.6. The van der Waals surface area contributed by atoms with Gasteiger partial charge in [-0.15, -0.1) is 0 Å². The number of nitrogens with one attached hydrogen (secondary N) is 1. The molecule has 0 saturated carbocycles. The van der Waals surface area contributed by atoms with Gasteiger partial charge in [-0.3, -0.25) is 5.10 Å². The number of morpholine rings is 1. The lowest BCUT2D eigenvalue weighted by atomic mass is 10.1. The Labute approximate surface area is 140 Å². The van der Waals surface area contributed by atoms with Crippen molar-refractivity contribution < 1.29 is 13.2 Å². The van der Waals surface area contributed by atoms with Gasteiger partial charge in [0.05, 0.1) is 29.3 Å². The van der Waals surface area contributed by atoms with Crippen LogP contribution in [-0.2, 0) is 14.8 Å². The van der Waals surface area contributed by atoms with Crippen molar-refractivity contribution in [3.63, 3.8) is 0 Å². The molecule has 1 atom stereocenters. The number of fused-ring (bicyclic) bond motifs is 1. The van der Waals surface area contributed by atoms with Crippen molar-refractivity contribution in [1.29, 1.82) is 0 Å². The van der Waals surface area contributed by atoms with Crippen molar-refractivity contribution in [3.05, 3.63) is 60.3 Å². The zero-order chi connectivity index (χ0) is 16.6. The second-order valence-corrected chi connectivity index (χ2v) is 7.69. The van der Waals surface area contributed by atoms with Crippen LogP contribution >= 0.6 is 0 Å². The second kappa shape index (κ2) is 6.01. The summed E-state index contributed by atoms with van der Waals surface area (Å²) in [5.41, 5.74) is 1.70. The molecular weight excluding hydrogens is 326 g/mol. The highest BCUT2D eigenvalue weighted by molar-refractivity contribution is 7.89. The minimum atomic E-state index is -3.57. The van der Waals surface area contributed by atoms with E-state index in [0.717, 1.165) is 10.9 Å². The molecule has 0 aliphatic carbocycles.